The monoisotopic (exact) mass is 429 g/mol. The molecule has 9 heteroatoms. The normalized spacial score (nSPS) is 19.6. The minimum atomic E-state index is -0.337. The van der Waals surface area contributed by atoms with E-state index >= 15 is 0 Å². The highest BCUT2D eigenvalue weighted by Crippen LogP contribution is 2.24. The van der Waals surface area contributed by atoms with E-state index in [1.54, 1.807) is 4.90 Å². The van der Waals surface area contributed by atoms with Gasteiger partial charge in [-0.15, -0.1) is 5.10 Å². The second-order valence-electron chi connectivity index (χ2n) is 7.85. The van der Waals surface area contributed by atoms with E-state index in [4.69, 9.17) is 4.74 Å². The van der Waals surface area contributed by atoms with E-state index in [-0.39, 0.29) is 23.7 Å². The second-order valence-corrected chi connectivity index (χ2v) is 8.60. The molecule has 0 spiro atoms. The van der Waals surface area contributed by atoms with Gasteiger partial charge in [0.15, 0.2) is 10.7 Å². The summed E-state index contributed by atoms with van der Waals surface area (Å²) in [7, 11) is 0. The first kappa shape index (κ1) is 20.7. The summed E-state index contributed by atoms with van der Waals surface area (Å²) in [6, 6.07) is 10.3. The van der Waals surface area contributed by atoms with Gasteiger partial charge >= 0.3 is 6.03 Å². The van der Waals surface area contributed by atoms with Gasteiger partial charge in [-0.25, -0.2) is 4.79 Å². The molecule has 1 unspecified atom stereocenters. The Kier molecular flexibility index (Phi) is 6.91. The molecule has 0 bridgehead atoms. The number of anilines is 1. The van der Waals surface area contributed by atoms with Gasteiger partial charge < -0.3 is 15.0 Å². The smallest absolute Gasteiger partial charge is 0.322 e. The molecule has 30 heavy (non-hydrogen) atoms. The lowest BCUT2D eigenvalue weighted by Gasteiger charge is -2.32. The van der Waals surface area contributed by atoms with Crippen LogP contribution in [0.15, 0.2) is 30.3 Å². The molecule has 160 valence electrons. The Morgan fingerprint density at radius 2 is 1.97 bits per heavy atom. The van der Waals surface area contributed by atoms with Crippen molar-refractivity contribution in [1.29, 1.82) is 0 Å². The summed E-state index contributed by atoms with van der Waals surface area (Å²) >= 11 is 1.02. The average molecular weight is 430 g/mol. The fourth-order valence-corrected chi connectivity index (χ4v) is 4.54. The van der Waals surface area contributed by atoms with Gasteiger partial charge in [0, 0.05) is 37.8 Å². The van der Waals surface area contributed by atoms with E-state index in [0.717, 1.165) is 50.2 Å². The molecule has 4 rings (SSSR count). The van der Waals surface area contributed by atoms with Gasteiger partial charge in [0.25, 0.3) is 5.91 Å². The van der Waals surface area contributed by atoms with Crippen LogP contribution < -0.4 is 10.6 Å². The number of likely N-dealkylation sites (tertiary alicyclic amines) is 1. The molecule has 0 aliphatic carbocycles. The molecule has 2 N–H and O–H groups in total. The van der Waals surface area contributed by atoms with Crippen LogP contribution in [0.5, 0.6) is 0 Å². The van der Waals surface area contributed by atoms with E-state index in [1.165, 1.54) is 5.56 Å². The van der Waals surface area contributed by atoms with E-state index in [2.05, 4.69) is 44.5 Å². The van der Waals surface area contributed by atoms with Crippen LogP contribution >= 0.6 is 11.5 Å². The van der Waals surface area contributed by atoms with Crippen molar-refractivity contribution >= 4 is 28.5 Å². The summed E-state index contributed by atoms with van der Waals surface area (Å²) < 4.78 is 9.36. The van der Waals surface area contributed by atoms with E-state index < -0.39 is 0 Å². The number of nitrogens with one attached hydrogen (secondary N) is 2. The van der Waals surface area contributed by atoms with Crippen LogP contribution in [0.2, 0.25) is 0 Å². The number of hydrogen-bond acceptors (Lipinski definition) is 6. The Hall–Kier alpha value is -2.52. The van der Waals surface area contributed by atoms with E-state index in [0.29, 0.717) is 30.6 Å². The van der Waals surface area contributed by atoms with Gasteiger partial charge in [-0.05, 0) is 43.6 Å². The molecule has 2 saturated heterocycles. The molecule has 1 aromatic carbocycles. The number of carbonyl (C=O) groups excluding carboxylic acids is 2. The number of benzene rings is 1. The number of rotatable bonds is 6. The van der Waals surface area contributed by atoms with Crippen LogP contribution in [-0.2, 0) is 11.2 Å². The van der Waals surface area contributed by atoms with Crippen molar-refractivity contribution in [1.82, 2.24) is 19.8 Å². The molecule has 8 nitrogen and oxygen atoms in total. The van der Waals surface area contributed by atoms with Crippen molar-refractivity contribution in [2.75, 3.05) is 31.6 Å². The van der Waals surface area contributed by atoms with Gasteiger partial charge in [0.1, 0.15) is 0 Å². The predicted octanol–water partition coefficient (Wildman–Crippen LogP) is 2.93. The molecule has 3 amide bonds. The maximum absolute atomic E-state index is 12.7. The lowest BCUT2D eigenvalue weighted by atomic mass is 9.90. The first-order valence-electron chi connectivity index (χ1n) is 10.5. The topological polar surface area (TPSA) is 96.5 Å². The molecule has 2 fully saturated rings. The van der Waals surface area contributed by atoms with Gasteiger partial charge in [-0.3, -0.25) is 10.1 Å². The standard InChI is InChI=1S/C21H27N5O3S/c27-19(22-14-17-7-4-12-29-17)18-20(30-25-24-18)23-21(28)26-10-8-16(9-11-26)13-15-5-2-1-3-6-15/h1-3,5-6,16-17H,4,7-14H2,(H,22,27)(H,23,28). The van der Waals surface area contributed by atoms with E-state index in [1.807, 2.05) is 6.07 Å². The Bertz CT molecular complexity index is 845. The second kappa shape index (κ2) is 9.99. The maximum Gasteiger partial charge on any atom is 0.322 e. The van der Waals surface area contributed by atoms with E-state index in [9.17, 15) is 9.59 Å². The number of ether oxygens (including phenoxy) is 1. The molecular formula is C21H27N5O3S. The summed E-state index contributed by atoms with van der Waals surface area (Å²) in [5.41, 5.74) is 1.50. The number of amides is 3. The molecule has 1 aromatic heterocycles. The molecule has 2 aliphatic heterocycles. The molecule has 2 aliphatic rings. The van der Waals surface area contributed by atoms with Crippen molar-refractivity contribution in [2.45, 2.75) is 38.2 Å². The molecular weight excluding hydrogens is 402 g/mol. The lowest BCUT2D eigenvalue weighted by molar-refractivity contribution is 0.0854. The summed E-state index contributed by atoms with van der Waals surface area (Å²) in [6.45, 7) is 2.59. The number of nitrogens with zero attached hydrogens (tertiary/aromatic N) is 3. The van der Waals surface area contributed by atoms with Gasteiger partial charge in [0.2, 0.25) is 0 Å². The van der Waals surface area contributed by atoms with Gasteiger partial charge in [-0.2, -0.15) is 0 Å². The summed E-state index contributed by atoms with van der Waals surface area (Å²) in [4.78, 5) is 26.9. The van der Waals surface area contributed by atoms with Crippen LogP contribution in [-0.4, -0.2) is 58.8 Å². The molecule has 2 aromatic rings. The van der Waals surface area contributed by atoms with Crippen LogP contribution in [0.3, 0.4) is 0 Å². The molecule has 0 saturated carbocycles. The predicted molar refractivity (Wildman–Crippen MR) is 115 cm³/mol. The largest absolute Gasteiger partial charge is 0.376 e. The Labute approximate surface area is 180 Å². The molecule has 1 atom stereocenters. The first-order chi connectivity index (χ1) is 14.7. The minimum Gasteiger partial charge on any atom is -0.376 e. The fraction of sp³-hybridized carbons (Fsp3) is 0.524. The summed E-state index contributed by atoms with van der Waals surface area (Å²) in [6.07, 6.45) is 5.00. The summed E-state index contributed by atoms with van der Waals surface area (Å²) in [5, 5.41) is 9.93. The quantitative estimate of drug-likeness (QED) is 0.736. The number of carbonyl (C=O) groups is 2. The van der Waals surface area contributed by atoms with Crippen LogP contribution in [0.4, 0.5) is 9.80 Å². The Morgan fingerprint density at radius 1 is 1.17 bits per heavy atom. The van der Waals surface area contributed by atoms with Crippen molar-refractivity contribution in [3.63, 3.8) is 0 Å². The highest BCUT2D eigenvalue weighted by atomic mass is 32.1. The zero-order chi connectivity index (χ0) is 20.8. The first-order valence-corrected chi connectivity index (χ1v) is 11.3. The molecule has 3 heterocycles. The van der Waals surface area contributed by atoms with Gasteiger partial charge in [-0.1, -0.05) is 34.8 Å². The maximum atomic E-state index is 12.7. The number of urea groups is 1. The third kappa shape index (κ3) is 5.34. The van der Waals surface area contributed by atoms with Gasteiger partial charge in [0.05, 0.1) is 6.10 Å². The fourth-order valence-electron chi connectivity index (χ4n) is 3.98. The highest BCUT2D eigenvalue weighted by molar-refractivity contribution is 7.10. The lowest BCUT2D eigenvalue weighted by Crippen LogP contribution is -2.41. The average Bonchev–Trinajstić information content (AvgIpc) is 3.45. The highest BCUT2D eigenvalue weighted by Gasteiger charge is 2.26. The number of piperidine rings is 1. The summed E-state index contributed by atoms with van der Waals surface area (Å²) in [5.74, 6) is 0.247. The van der Waals surface area contributed by atoms with Crippen LogP contribution in [0.25, 0.3) is 0 Å². The van der Waals surface area contributed by atoms with Crippen molar-refractivity contribution in [2.24, 2.45) is 5.92 Å². The third-order valence-electron chi connectivity index (χ3n) is 5.71. The number of hydrogen-bond donors (Lipinski definition) is 2. The SMILES string of the molecule is O=C(NCC1CCCO1)c1nnsc1NC(=O)N1CCC(Cc2ccccc2)CC1. The van der Waals surface area contributed by atoms with Crippen molar-refractivity contribution < 1.29 is 14.3 Å². The Balaban J connectivity index is 1.25. The minimum absolute atomic E-state index is 0.0516. The van der Waals surface area contributed by atoms with Crippen molar-refractivity contribution in [3.8, 4) is 0 Å². The Morgan fingerprint density at radius 3 is 2.70 bits per heavy atom. The molecule has 0 radical (unpaired) electrons. The van der Waals surface area contributed by atoms with Crippen molar-refractivity contribution in [3.05, 3.63) is 41.6 Å². The van der Waals surface area contributed by atoms with Crippen LogP contribution in [0, 0.1) is 5.92 Å². The zero-order valence-corrected chi connectivity index (χ0v) is 17.7. The third-order valence-corrected chi connectivity index (χ3v) is 6.35. The zero-order valence-electron chi connectivity index (χ0n) is 16.9. The van der Waals surface area contributed by atoms with Crippen LogP contribution in [0.1, 0.15) is 41.7 Å². The number of aromatic nitrogens is 2.